The second-order valence-corrected chi connectivity index (χ2v) is 9.54. The van der Waals surface area contributed by atoms with Crippen molar-refractivity contribution in [1.29, 1.82) is 0 Å². The number of hydrogen-bond acceptors (Lipinski definition) is 5. The first-order valence-corrected chi connectivity index (χ1v) is 12.0. The smallest absolute Gasteiger partial charge is 0.264 e. The molecule has 1 fully saturated rings. The van der Waals surface area contributed by atoms with Gasteiger partial charge < -0.3 is 14.8 Å². The van der Waals surface area contributed by atoms with Gasteiger partial charge in [0.2, 0.25) is 0 Å². The van der Waals surface area contributed by atoms with Crippen LogP contribution in [0.4, 0.5) is 10.1 Å². The fourth-order valence-corrected chi connectivity index (χ4v) is 4.71. The van der Waals surface area contributed by atoms with E-state index in [0.717, 1.165) is 14.7 Å². The Morgan fingerprint density at radius 2 is 1.88 bits per heavy atom. The molecule has 0 aliphatic carbocycles. The van der Waals surface area contributed by atoms with Crippen molar-refractivity contribution >= 4 is 68.8 Å². The normalized spacial score (nSPS) is 15.7. The van der Waals surface area contributed by atoms with Crippen LogP contribution in [-0.4, -0.2) is 18.2 Å². The summed E-state index contributed by atoms with van der Waals surface area (Å²) in [7, 11) is 1.56. The van der Waals surface area contributed by atoms with E-state index in [-0.39, 0.29) is 18.3 Å². The molecule has 168 valence electrons. The van der Waals surface area contributed by atoms with Gasteiger partial charge in [0.05, 0.1) is 21.3 Å². The van der Waals surface area contributed by atoms with Gasteiger partial charge in [-0.25, -0.2) is 9.38 Å². The van der Waals surface area contributed by atoms with Gasteiger partial charge in [0, 0.05) is 5.02 Å². The number of methoxy groups -OCH3 is 1. The average molecular weight is 595 g/mol. The zero-order chi connectivity index (χ0) is 23.4. The van der Waals surface area contributed by atoms with Gasteiger partial charge in [0.15, 0.2) is 16.7 Å². The van der Waals surface area contributed by atoms with E-state index in [0.29, 0.717) is 32.3 Å². The summed E-state index contributed by atoms with van der Waals surface area (Å²) < 4.78 is 25.4. The van der Waals surface area contributed by atoms with Gasteiger partial charge in [-0.3, -0.25) is 4.79 Å². The predicted octanol–water partition coefficient (Wildman–Crippen LogP) is 6.56. The molecule has 0 aromatic heterocycles. The van der Waals surface area contributed by atoms with Crippen LogP contribution in [0, 0.1) is 9.39 Å². The van der Waals surface area contributed by atoms with Crippen molar-refractivity contribution in [3.05, 3.63) is 91.1 Å². The molecule has 1 aliphatic heterocycles. The van der Waals surface area contributed by atoms with Crippen LogP contribution in [0.5, 0.6) is 11.5 Å². The monoisotopic (exact) mass is 594 g/mol. The van der Waals surface area contributed by atoms with E-state index >= 15 is 0 Å². The maximum Gasteiger partial charge on any atom is 0.264 e. The number of aliphatic imine (C=N–C) groups is 1. The van der Waals surface area contributed by atoms with Gasteiger partial charge in [-0.2, -0.15) is 0 Å². The number of nitrogens with zero attached hydrogens (tertiary/aromatic N) is 1. The first kappa shape index (κ1) is 23.6. The zero-order valence-corrected chi connectivity index (χ0v) is 21.0. The number of rotatable bonds is 6. The van der Waals surface area contributed by atoms with E-state index in [9.17, 15) is 9.18 Å². The van der Waals surface area contributed by atoms with Crippen LogP contribution in [0.1, 0.15) is 11.1 Å². The van der Waals surface area contributed by atoms with Crippen molar-refractivity contribution in [2.24, 2.45) is 4.99 Å². The van der Waals surface area contributed by atoms with E-state index < -0.39 is 0 Å². The largest absolute Gasteiger partial charge is 0.493 e. The molecule has 3 aromatic carbocycles. The fraction of sp³-hybridized carbons (Fsp3) is 0.0833. The van der Waals surface area contributed by atoms with Gasteiger partial charge >= 0.3 is 0 Å². The predicted molar refractivity (Wildman–Crippen MR) is 139 cm³/mol. The third-order valence-corrected chi connectivity index (χ3v) is 6.52. The highest BCUT2D eigenvalue weighted by Gasteiger charge is 2.24. The maximum absolute atomic E-state index is 13.1. The number of ether oxygens (including phenoxy) is 2. The quantitative estimate of drug-likeness (QED) is 0.259. The number of amidine groups is 1. The number of nitrogens with one attached hydrogen (secondary N) is 1. The summed E-state index contributed by atoms with van der Waals surface area (Å²) in [6.07, 6.45) is 1.78. The Morgan fingerprint density at radius 1 is 1.15 bits per heavy atom. The molecule has 5 nitrogen and oxygen atoms in total. The minimum atomic E-state index is -0.293. The lowest BCUT2D eigenvalue weighted by Gasteiger charge is -2.14. The number of carbonyl (C=O) groups excluding carboxylic acids is 1. The summed E-state index contributed by atoms with van der Waals surface area (Å²) in [4.78, 5) is 17.4. The maximum atomic E-state index is 13.1. The molecule has 1 N–H and O–H groups in total. The summed E-state index contributed by atoms with van der Waals surface area (Å²) >= 11 is 9.32. The molecule has 1 saturated heterocycles. The van der Waals surface area contributed by atoms with E-state index in [1.54, 1.807) is 55.7 Å². The Labute approximate surface area is 213 Å². The third kappa shape index (κ3) is 6.07. The highest BCUT2D eigenvalue weighted by atomic mass is 127. The van der Waals surface area contributed by atoms with Crippen LogP contribution in [0.2, 0.25) is 5.02 Å². The van der Waals surface area contributed by atoms with Gasteiger partial charge in [0.25, 0.3) is 5.91 Å². The van der Waals surface area contributed by atoms with Crippen molar-refractivity contribution in [3.8, 4) is 11.5 Å². The van der Waals surface area contributed by atoms with Crippen molar-refractivity contribution in [2.45, 2.75) is 6.61 Å². The van der Waals surface area contributed by atoms with Crippen LogP contribution >= 0.6 is 46.0 Å². The highest BCUT2D eigenvalue weighted by Crippen LogP contribution is 2.36. The molecule has 3 aromatic rings. The van der Waals surface area contributed by atoms with Crippen LogP contribution in [0.25, 0.3) is 6.08 Å². The number of halogens is 3. The van der Waals surface area contributed by atoms with Crippen molar-refractivity contribution in [1.82, 2.24) is 5.32 Å². The minimum absolute atomic E-state index is 0.224. The molecule has 0 atom stereocenters. The first-order chi connectivity index (χ1) is 15.9. The molecule has 0 bridgehead atoms. The summed E-state index contributed by atoms with van der Waals surface area (Å²) in [5.41, 5.74) is 2.32. The summed E-state index contributed by atoms with van der Waals surface area (Å²) in [6, 6.07) is 16.9. The Kier molecular flexibility index (Phi) is 7.56. The second kappa shape index (κ2) is 10.6. The van der Waals surface area contributed by atoms with Crippen molar-refractivity contribution in [3.63, 3.8) is 0 Å². The molecule has 0 spiro atoms. The van der Waals surface area contributed by atoms with E-state index in [1.807, 2.05) is 6.07 Å². The van der Waals surface area contributed by atoms with Gasteiger partial charge in [-0.05, 0) is 100 Å². The SMILES string of the molecule is COc1cc(/C=C2\SC(=Nc3ccc(Cl)cc3)NC2=O)cc(I)c1OCc1ccc(F)cc1. The number of carbonyl (C=O) groups is 1. The molecule has 1 heterocycles. The van der Waals surface area contributed by atoms with E-state index in [1.165, 1.54) is 23.9 Å². The molecule has 9 heteroatoms. The lowest BCUT2D eigenvalue weighted by Crippen LogP contribution is -2.19. The topological polar surface area (TPSA) is 59.9 Å². The van der Waals surface area contributed by atoms with Crippen LogP contribution in [-0.2, 0) is 11.4 Å². The zero-order valence-electron chi connectivity index (χ0n) is 17.3. The minimum Gasteiger partial charge on any atom is -0.493 e. The van der Waals surface area contributed by atoms with E-state index in [2.05, 4.69) is 32.9 Å². The lowest BCUT2D eigenvalue weighted by atomic mass is 10.2. The summed E-state index contributed by atoms with van der Waals surface area (Å²) in [6.45, 7) is 0.274. The second-order valence-electron chi connectivity index (χ2n) is 6.91. The Morgan fingerprint density at radius 3 is 2.58 bits per heavy atom. The molecular formula is C24H17ClFIN2O3S. The van der Waals surface area contributed by atoms with Crippen LogP contribution in [0.15, 0.2) is 70.6 Å². The summed E-state index contributed by atoms with van der Waals surface area (Å²) in [5.74, 6) is 0.601. The molecule has 0 unspecified atom stereocenters. The van der Waals surface area contributed by atoms with Gasteiger partial charge in [0.1, 0.15) is 12.4 Å². The standard InChI is InChI=1S/C24H17ClFIN2O3S/c1-31-20-11-15(10-19(27)22(20)32-13-14-2-6-17(26)7-3-14)12-21-23(30)29-24(33-21)28-18-8-4-16(25)5-9-18/h2-12H,13H2,1H3,(H,28,29,30)/b21-12-. The highest BCUT2D eigenvalue weighted by molar-refractivity contribution is 14.1. The molecule has 33 heavy (non-hydrogen) atoms. The van der Waals surface area contributed by atoms with E-state index in [4.69, 9.17) is 21.1 Å². The molecular weight excluding hydrogens is 578 g/mol. The molecule has 0 saturated carbocycles. The molecule has 4 rings (SSSR count). The number of thioether (sulfide) groups is 1. The summed E-state index contributed by atoms with van der Waals surface area (Å²) in [5, 5.41) is 3.89. The first-order valence-electron chi connectivity index (χ1n) is 9.71. The van der Waals surface area contributed by atoms with Crippen molar-refractivity contribution in [2.75, 3.05) is 7.11 Å². The van der Waals surface area contributed by atoms with Gasteiger partial charge in [-0.15, -0.1) is 0 Å². The van der Waals surface area contributed by atoms with Crippen LogP contribution in [0.3, 0.4) is 0 Å². The molecule has 0 radical (unpaired) electrons. The number of hydrogen-bond donors (Lipinski definition) is 1. The third-order valence-electron chi connectivity index (χ3n) is 4.55. The molecule has 1 aliphatic rings. The number of benzene rings is 3. The molecule has 1 amide bonds. The Balaban J connectivity index is 1.52. The Hall–Kier alpha value is -2.56. The van der Waals surface area contributed by atoms with Crippen LogP contribution < -0.4 is 14.8 Å². The average Bonchev–Trinajstić information content (AvgIpc) is 3.13. The van der Waals surface area contributed by atoms with Crippen molar-refractivity contribution < 1.29 is 18.7 Å². The number of amides is 1. The van der Waals surface area contributed by atoms with Gasteiger partial charge in [-0.1, -0.05) is 23.7 Å². The lowest BCUT2D eigenvalue weighted by molar-refractivity contribution is -0.115. The fourth-order valence-electron chi connectivity index (χ4n) is 2.96. The Bertz CT molecular complexity index is 1250.